The predicted molar refractivity (Wildman–Crippen MR) is 75.5 cm³/mol. The molecular formula is C13H20N4S. The number of aromatic nitrogens is 2. The van der Waals surface area contributed by atoms with Crippen molar-refractivity contribution in [3.05, 3.63) is 39.8 Å². The lowest BCUT2D eigenvalue weighted by Crippen LogP contribution is -2.30. The molecule has 0 saturated heterocycles. The SMILES string of the molecule is Cc1nn(C)cc1C(CN)N(C)Cc1cccs1. The molecule has 2 aromatic heterocycles. The molecule has 2 heterocycles. The molecule has 0 spiro atoms. The summed E-state index contributed by atoms with van der Waals surface area (Å²) in [5, 5.41) is 6.50. The summed E-state index contributed by atoms with van der Waals surface area (Å²) in [4.78, 5) is 3.65. The van der Waals surface area contributed by atoms with E-state index in [1.807, 2.05) is 18.7 Å². The minimum absolute atomic E-state index is 0.223. The molecule has 2 aromatic rings. The van der Waals surface area contributed by atoms with E-state index in [0.717, 1.165) is 12.2 Å². The Labute approximate surface area is 112 Å². The van der Waals surface area contributed by atoms with Crippen molar-refractivity contribution in [2.45, 2.75) is 19.5 Å². The molecule has 98 valence electrons. The first-order valence-electron chi connectivity index (χ1n) is 6.04. The van der Waals surface area contributed by atoms with Crippen LogP contribution in [0.25, 0.3) is 0 Å². The second-order valence-electron chi connectivity index (χ2n) is 4.59. The molecule has 2 rings (SSSR count). The lowest BCUT2D eigenvalue weighted by molar-refractivity contribution is 0.243. The molecule has 4 nitrogen and oxygen atoms in total. The van der Waals surface area contributed by atoms with Crippen LogP contribution in [0, 0.1) is 6.92 Å². The zero-order chi connectivity index (χ0) is 13.1. The molecule has 0 aliphatic rings. The summed E-state index contributed by atoms with van der Waals surface area (Å²) in [6, 6.07) is 4.46. The molecule has 0 amide bonds. The van der Waals surface area contributed by atoms with E-state index in [-0.39, 0.29) is 6.04 Å². The lowest BCUT2D eigenvalue weighted by Gasteiger charge is -2.26. The van der Waals surface area contributed by atoms with Gasteiger partial charge >= 0.3 is 0 Å². The molecule has 0 aliphatic heterocycles. The zero-order valence-corrected chi connectivity index (χ0v) is 11.9. The monoisotopic (exact) mass is 264 g/mol. The third kappa shape index (κ3) is 2.80. The minimum atomic E-state index is 0.223. The van der Waals surface area contributed by atoms with Gasteiger partial charge in [-0.15, -0.1) is 11.3 Å². The molecule has 0 saturated carbocycles. The molecule has 0 bridgehead atoms. The maximum absolute atomic E-state index is 5.94. The molecule has 0 fully saturated rings. The van der Waals surface area contributed by atoms with Gasteiger partial charge in [0.25, 0.3) is 0 Å². The second kappa shape index (κ2) is 5.65. The first-order chi connectivity index (χ1) is 8.61. The molecule has 0 radical (unpaired) electrons. The fraction of sp³-hybridized carbons (Fsp3) is 0.462. The number of thiophene rings is 1. The van der Waals surface area contributed by atoms with E-state index in [4.69, 9.17) is 5.73 Å². The van der Waals surface area contributed by atoms with Gasteiger partial charge in [0.2, 0.25) is 0 Å². The first-order valence-corrected chi connectivity index (χ1v) is 6.92. The van der Waals surface area contributed by atoms with Gasteiger partial charge in [-0.3, -0.25) is 9.58 Å². The Morgan fingerprint density at radius 2 is 2.33 bits per heavy atom. The highest BCUT2D eigenvalue weighted by Gasteiger charge is 2.19. The molecule has 1 unspecified atom stereocenters. The summed E-state index contributed by atoms with van der Waals surface area (Å²) in [6.07, 6.45) is 2.07. The Kier molecular flexibility index (Phi) is 4.16. The molecule has 1 atom stereocenters. The van der Waals surface area contributed by atoms with E-state index in [0.29, 0.717) is 6.54 Å². The van der Waals surface area contributed by atoms with Crippen molar-refractivity contribution in [1.82, 2.24) is 14.7 Å². The average molecular weight is 264 g/mol. The summed E-state index contributed by atoms with van der Waals surface area (Å²) in [7, 11) is 4.06. The van der Waals surface area contributed by atoms with Crippen LogP contribution in [0.3, 0.4) is 0 Å². The van der Waals surface area contributed by atoms with Crippen LogP contribution in [0.1, 0.15) is 22.2 Å². The molecule has 18 heavy (non-hydrogen) atoms. The number of aryl methyl sites for hydroxylation is 2. The Balaban J connectivity index is 2.15. The first kappa shape index (κ1) is 13.3. The van der Waals surface area contributed by atoms with E-state index in [9.17, 15) is 0 Å². The number of nitrogens with two attached hydrogens (primary N) is 1. The largest absolute Gasteiger partial charge is 0.329 e. The summed E-state index contributed by atoms with van der Waals surface area (Å²) in [5.74, 6) is 0. The Morgan fingerprint density at radius 3 is 2.83 bits per heavy atom. The summed E-state index contributed by atoms with van der Waals surface area (Å²) in [5.41, 5.74) is 8.22. The van der Waals surface area contributed by atoms with Crippen molar-refractivity contribution >= 4 is 11.3 Å². The van der Waals surface area contributed by atoms with Crippen LogP contribution in [0.15, 0.2) is 23.7 Å². The molecule has 5 heteroatoms. The molecular weight excluding hydrogens is 244 g/mol. The van der Waals surface area contributed by atoms with Crippen LogP contribution >= 0.6 is 11.3 Å². The van der Waals surface area contributed by atoms with Crippen LogP contribution in [0.4, 0.5) is 0 Å². The van der Waals surface area contributed by atoms with E-state index in [2.05, 4.69) is 40.8 Å². The van der Waals surface area contributed by atoms with E-state index in [1.54, 1.807) is 11.3 Å². The van der Waals surface area contributed by atoms with Crippen molar-refractivity contribution in [3.8, 4) is 0 Å². The van der Waals surface area contributed by atoms with Gasteiger partial charge in [0.15, 0.2) is 0 Å². The molecule has 2 N–H and O–H groups in total. The molecule has 0 aromatic carbocycles. The van der Waals surface area contributed by atoms with Crippen LogP contribution < -0.4 is 5.73 Å². The standard InChI is InChI=1S/C13H20N4S/c1-10-12(9-17(3)15-10)13(7-14)16(2)8-11-5-4-6-18-11/h4-6,9,13H,7-8,14H2,1-3H3. The van der Waals surface area contributed by atoms with Gasteiger partial charge < -0.3 is 5.73 Å². The predicted octanol–water partition coefficient (Wildman–Crippen LogP) is 1.92. The van der Waals surface area contributed by atoms with E-state index < -0.39 is 0 Å². The van der Waals surface area contributed by atoms with Gasteiger partial charge in [-0.1, -0.05) is 6.07 Å². The van der Waals surface area contributed by atoms with Crippen LogP contribution in [-0.2, 0) is 13.6 Å². The van der Waals surface area contributed by atoms with Gasteiger partial charge in [-0.2, -0.15) is 5.10 Å². The van der Waals surface area contributed by atoms with Gasteiger partial charge in [0, 0.05) is 36.8 Å². The minimum Gasteiger partial charge on any atom is -0.329 e. The normalized spacial score (nSPS) is 13.2. The Bertz CT molecular complexity index is 489. The molecule has 0 aliphatic carbocycles. The van der Waals surface area contributed by atoms with E-state index >= 15 is 0 Å². The van der Waals surface area contributed by atoms with Crippen molar-refractivity contribution in [1.29, 1.82) is 0 Å². The van der Waals surface area contributed by atoms with Gasteiger partial charge in [0.1, 0.15) is 0 Å². The lowest BCUT2D eigenvalue weighted by atomic mass is 10.1. The summed E-state index contributed by atoms with van der Waals surface area (Å²) < 4.78 is 1.85. The van der Waals surface area contributed by atoms with Crippen LogP contribution in [-0.4, -0.2) is 28.3 Å². The third-order valence-electron chi connectivity index (χ3n) is 3.15. The maximum Gasteiger partial charge on any atom is 0.0641 e. The highest BCUT2D eigenvalue weighted by molar-refractivity contribution is 7.09. The zero-order valence-electron chi connectivity index (χ0n) is 11.1. The van der Waals surface area contributed by atoms with Crippen molar-refractivity contribution in [3.63, 3.8) is 0 Å². The highest BCUT2D eigenvalue weighted by Crippen LogP contribution is 2.23. The summed E-state index contributed by atoms with van der Waals surface area (Å²) >= 11 is 1.78. The topological polar surface area (TPSA) is 47.1 Å². The maximum atomic E-state index is 5.94. The smallest absolute Gasteiger partial charge is 0.0641 e. The number of likely N-dealkylation sites (N-methyl/N-ethyl adjacent to an activating group) is 1. The van der Waals surface area contributed by atoms with Crippen molar-refractivity contribution < 1.29 is 0 Å². The van der Waals surface area contributed by atoms with E-state index in [1.165, 1.54) is 10.4 Å². The van der Waals surface area contributed by atoms with Gasteiger partial charge in [-0.05, 0) is 25.4 Å². The number of hydrogen-bond donors (Lipinski definition) is 1. The fourth-order valence-electron chi connectivity index (χ4n) is 2.25. The average Bonchev–Trinajstić information content (AvgIpc) is 2.91. The second-order valence-corrected chi connectivity index (χ2v) is 5.62. The summed E-state index contributed by atoms with van der Waals surface area (Å²) in [6.45, 7) is 3.57. The number of hydrogen-bond acceptors (Lipinski definition) is 4. The van der Waals surface area contributed by atoms with Crippen LogP contribution in [0.5, 0.6) is 0 Å². The third-order valence-corrected chi connectivity index (χ3v) is 4.01. The Hall–Kier alpha value is -1.17. The van der Waals surface area contributed by atoms with Crippen LogP contribution in [0.2, 0.25) is 0 Å². The fourth-order valence-corrected chi connectivity index (χ4v) is 3.02. The van der Waals surface area contributed by atoms with Crippen molar-refractivity contribution in [2.75, 3.05) is 13.6 Å². The highest BCUT2D eigenvalue weighted by atomic mass is 32.1. The van der Waals surface area contributed by atoms with Gasteiger partial charge in [-0.25, -0.2) is 0 Å². The Morgan fingerprint density at radius 1 is 1.56 bits per heavy atom. The van der Waals surface area contributed by atoms with Crippen molar-refractivity contribution in [2.24, 2.45) is 12.8 Å². The number of rotatable bonds is 5. The van der Waals surface area contributed by atoms with Gasteiger partial charge in [0.05, 0.1) is 11.7 Å². The quantitative estimate of drug-likeness (QED) is 0.897. The number of nitrogens with zero attached hydrogens (tertiary/aromatic N) is 3.